The number of rotatable bonds is 6. The molecular formula is C24H31NO2. The van der Waals surface area contributed by atoms with E-state index in [1.165, 1.54) is 42.4 Å². The van der Waals surface area contributed by atoms with Crippen LogP contribution in [0.5, 0.6) is 11.5 Å². The summed E-state index contributed by atoms with van der Waals surface area (Å²) in [6, 6.07) is 16.1. The van der Waals surface area contributed by atoms with Gasteiger partial charge in [-0.25, -0.2) is 0 Å². The van der Waals surface area contributed by atoms with Gasteiger partial charge in [-0.1, -0.05) is 42.7 Å². The SMILES string of the molecule is CN(C)CCOc1ccc(C(=C2CCCCCC2)c2ccc(O)cc2)cc1. The number of phenolic OH excluding ortho intramolecular Hbond substituents is 1. The minimum absolute atomic E-state index is 0.314. The molecule has 0 spiro atoms. The monoisotopic (exact) mass is 365 g/mol. The van der Waals surface area contributed by atoms with E-state index in [2.05, 4.69) is 43.3 Å². The fourth-order valence-corrected chi connectivity index (χ4v) is 3.67. The zero-order valence-electron chi connectivity index (χ0n) is 16.6. The van der Waals surface area contributed by atoms with Gasteiger partial charge in [0.05, 0.1) is 0 Å². The number of allylic oxidation sites excluding steroid dienone is 1. The van der Waals surface area contributed by atoms with Crippen LogP contribution in [-0.4, -0.2) is 37.3 Å². The van der Waals surface area contributed by atoms with Gasteiger partial charge in [-0.15, -0.1) is 0 Å². The predicted octanol–water partition coefficient (Wildman–Crippen LogP) is 5.49. The maximum atomic E-state index is 9.69. The first-order chi connectivity index (χ1) is 13.1. The predicted molar refractivity (Wildman–Crippen MR) is 112 cm³/mol. The van der Waals surface area contributed by atoms with Crippen molar-refractivity contribution in [3.63, 3.8) is 0 Å². The van der Waals surface area contributed by atoms with Crippen molar-refractivity contribution >= 4 is 5.57 Å². The van der Waals surface area contributed by atoms with Gasteiger partial charge in [0, 0.05) is 6.54 Å². The van der Waals surface area contributed by atoms with Crippen LogP contribution in [0.4, 0.5) is 0 Å². The number of hydrogen-bond donors (Lipinski definition) is 1. The lowest BCUT2D eigenvalue weighted by molar-refractivity contribution is 0.261. The summed E-state index contributed by atoms with van der Waals surface area (Å²) in [7, 11) is 4.10. The Morgan fingerprint density at radius 2 is 1.41 bits per heavy atom. The van der Waals surface area contributed by atoms with E-state index in [-0.39, 0.29) is 0 Å². The van der Waals surface area contributed by atoms with Crippen LogP contribution in [0.25, 0.3) is 5.57 Å². The van der Waals surface area contributed by atoms with Crippen molar-refractivity contribution in [1.82, 2.24) is 4.90 Å². The lowest BCUT2D eigenvalue weighted by atomic mass is 9.89. The number of phenols is 1. The molecule has 1 saturated carbocycles. The van der Waals surface area contributed by atoms with Gasteiger partial charge in [0.1, 0.15) is 18.1 Å². The molecule has 2 aromatic rings. The molecule has 0 heterocycles. The number of likely N-dealkylation sites (N-methyl/N-ethyl adjacent to an activating group) is 1. The molecule has 0 unspecified atom stereocenters. The second-order valence-corrected chi connectivity index (χ2v) is 7.62. The Morgan fingerprint density at radius 3 is 1.96 bits per heavy atom. The fraction of sp³-hybridized carbons (Fsp3) is 0.417. The van der Waals surface area contributed by atoms with Crippen LogP contribution < -0.4 is 4.74 Å². The van der Waals surface area contributed by atoms with Gasteiger partial charge in [-0.2, -0.15) is 0 Å². The summed E-state index contributed by atoms with van der Waals surface area (Å²) >= 11 is 0. The largest absolute Gasteiger partial charge is 0.508 e. The highest BCUT2D eigenvalue weighted by Crippen LogP contribution is 2.35. The van der Waals surface area contributed by atoms with Crippen molar-refractivity contribution in [3.05, 3.63) is 65.2 Å². The molecule has 3 rings (SSSR count). The minimum Gasteiger partial charge on any atom is -0.508 e. The van der Waals surface area contributed by atoms with Crippen LogP contribution in [0, 0.1) is 0 Å². The maximum absolute atomic E-state index is 9.69. The van der Waals surface area contributed by atoms with Gasteiger partial charge in [0.15, 0.2) is 0 Å². The lowest BCUT2D eigenvalue weighted by Gasteiger charge is -2.16. The first-order valence-electron chi connectivity index (χ1n) is 10.0. The number of benzene rings is 2. The molecular weight excluding hydrogens is 334 g/mol. The Bertz CT molecular complexity index is 735. The smallest absolute Gasteiger partial charge is 0.119 e. The van der Waals surface area contributed by atoms with Crippen molar-refractivity contribution in [1.29, 1.82) is 0 Å². The molecule has 2 aromatic carbocycles. The van der Waals surface area contributed by atoms with E-state index in [0.717, 1.165) is 25.1 Å². The molecule has 3 heteroatoms. The molecule has 0 radical (unpaired) electrons. The summed E-state index contributed by atoms with van der Waals surface area (Å²) in [6.07, 6.45) is 7.51. The van der Waals surface area contributed by atoms with E-state index < -0.39 is 0 Å². The van der Waals surface area contributed by atoms with Gasteiger partial charge in [0.25, 0.3) is 0 Å². The van der Waals surface area contributed by atoms with Crippen LogP contribution >= 0.6 is 0 Å². The van der Waals surface area contributed by atoms with Gasteiger partial charge in [-0.05, 0) is 80.7 Å². The van der Waals surface area contributed by atoms with Gasteiger partial charge in [0.2, 0.25) is 0 Å². The lowest BCUT2D eigenvalue weighted by Crippen LogP contribution is -2.19. The molecule has 0 saturated heterocycles. The quantitative estimate of drug-likeness (QED) is 0.687. The standard InChI is InChI=1S/C24H31NO2/c1-25(2)17-18-27-23-15-11-21(12-16-23)24(19-7-5-3-4-6-8-19)20-9-13-22(26)14-10-20/h9-16,26H,3-8,17-18H2,1-2H3. The fourth-order valence-electron chi connectivity index (χ4n) is 3.67. The molecule has 1 fully saturated rings. The summed E-state index contributed by atoms with van der Waals surface area (Å²) in [5.74, 6) is 1.23. The first-order valence-corrected chi connectivity index (χ1v) is 10.0. The molecule has 0 aliphatic heterocycles. The summed E-state index contributed by atoms with van der Waals surface area (Å²) in [5, 5.41) is 9.69. The van der Waals surface area contributed by atoms with Gasteiger partial charge < -0.3 is 14.7 Å². The van der Waals surface area contributed by atoms with Crippen molar-refractivity contribution in [2.45, 2.75) is 38.5 Å². The van der Waals surface area contributed by atoms with Crippen LogP contribution in [0.2, 0.25) is 0 Å². The zero-order valence-corrected chi connectivity index (χ0v) is 16.6. The molecule has 0 amide bonds. The highest BCUT2D eigenvalue weighted by molar-refractivity contribution is 5.82. The van der Waals surface area contributed by atoms with Gasteiger partial charge >= 0.3 is 0 Å². The first kappa shape index (κ1) is 19.5. The van der Waals surface area contributed by atoms with E-state index in [4.69, 9.17) is 4.74 Å². The molecule has 0 aromatic heterocycles. The Kier molecular flexibility index (Phi) is 6.94. The van der Waals surface area contributed by atoms with E-state index >= 15 is 0 Å². The summed E-state index contributed by atoms with van der Waals surface area (Å²) in [4.78, 5) is 2.12. The third-order valence-corrected chi connectivity index (χ3v) is 5.17. The highest BCUT2D eigenvalue weighted by atomic mass is 16.5. The average molecular weight is 366 g/mol. The van der Waals surface area contributed by atoms with Gasteiger partial charge in [-0.3, -0.25) is 0 Å². The van der Waals surface area contributed by atoms with Crippen LogP contribution in [0.1, 0.15) is 49.7 Å². The summed E-state index contributed by atoms with van der Waals surface area (Å²) < 4.78 is 5.85. The second kappa shape index (κ2) is 9.61. The highest BCUT2D eigenvalue weighted by Gasteiger charge is 2.14. The summed E-state index contributed by atoms with van der Waals surface area (Å²) in [5.41, 5.74) is 5.29. The number of aromatic hydroxyl groups is 1. The van der Waals surface area contributed by atoms with E-state index in [0.29, 0.717) is 12.4 Å². The Balaban J connectivity index is 1.88. The minimum atomic E-state index is 0.314. The third kappa shape index (κ3) is 5.61. The maximum Gasteiger partial charge on any atom is 0.119 e. The topological polar surface area (TPSA) is 32.7 Å². The van der Waals surface area contributed by atoms with Crippen LogP contribution in [0.3, 0.4) is 0 Å². The van der Waals surface area contributed by atoms with Crippen molar-refractivity contribution < 1.29 is 9.84 Å². The van der Waals surface area contributed by atoms with E-state index in [1.807, 2.05) is 12.1 Å². The number of ether oxygens (including phenoxy) is 1. The average Bonchev–Trinajstić information content (AvgIpc) is 2.94. The Morgan fingerprint density at radius 1 is 0.852 bits per heavy atom. The molecule has 144 valence electrons. The van der Waals surface area contributed by atoms with E-state index in [1.54, 1.807) is 17.7 Å². The van der Waals surface area contributed by atoms with Crippen molar-refractivity contribution in [2.75, 3.05) is 27.2 Å². The zero-order chi connectivity index (χ0) is 19.1. The van der Waals surface area contributed by atoms with Crippen molar-refractivity contribution in [2.24, 2.45) is 0 Å². The molecule has 3 nitrogen and oxygen atoms in total. The Labute approximate surface area is 163 Å². The normalized spacial score (nSPS) is 14.9. The number of nitrogens with zero attached hydrogens (tertiary/aromatic N) is 1. The molecule has 27 heavy (non-hydrogen) atoms. The molecule has 1 N–H and O–H groups in total. The number of hydrogen-bond acceptors (Lipinski definition) is 3. The second-order valence-electron chi connectivity index (χ2n) is 7.62. The van der Waals surface area contributed by atoms with Crippen LogP contribution in [0.15, 0.2) is 54.1 Å². The summed E-state index contributed by atoms with van der Waals surface area (Å²) in [6.45, 7) is 1.60. The molecule has 1 aliphatic carbocycles. The molecule has 0 atom stereocenters. The molecule has 0 bridgehead atoms. The van der Waals surface area contributed by atoms with Crippen LogP contribution in [-0.2, 0) is 0 Å². The van der Waals surface area contributed by atoms with Crippen molar-refractivity contribution in [3.8, 4) is 11.5 Å². The molecule has 1 aliphatic rings. The third-order valence-electron chi connectivity index (χ3n) is 5.17. The van der Waals surface area contributed by atoms with E-state index in [9.17, 15) is 5.11 Å². The Hall–Kier alpha value is -2.26.